The Morgan fingerprint density at radius 2 is 2.18 bits per heavy atom. The fourth-order valence-electron chi connectivity index (χ4n) is 3.23. The number of rotatable bonds is 6. The first-order valence-corrected chi connectivity index (χ1v) is 9.17. The molecule has 9 nitrogen and oxygen atoms in total. The predicted octanol–water partition coefficient (Wildman–Crippen LogP) is 1.78. The van der Waals surface area contributed by atoms with E-state index in [1.54, 1.807) is 43.1 Å². The molecular weight excluding hydrogens is 360 g/mol. The zero-order valence-electron chi connectivity index (χ0n) is 15.3. The molecule has 1 atom stereocenters. The van der Waals surface area contributed by atoms with Crippen molar-refractivity contribution in [1.82, 2.24) is 30.0 Å². The molecule has 1 amide bonds. The van der Waals surface area contributed by atoms with Gasteiger partial charge in [0.25, 0.3) is 5.91 Å². The lowest BCUT2D eigenvalue weighted by atomic mass is 9.95. The van der Waals surface area contributed by atoms with Crippen LogP contribution in [0.2, 0.25) is 0 Å². The predicted molar refractivity (Wildman–Crippen MR) is 98.1 cm³/mol. The van der Waals surface area contributed by atoms with E-state index in [2.05, 4.69) is 25.1 Å². The van der Waals surface area contributed by atoms with Gasteiger partial charge in [0, 0.05) is 38.1 Å². The highest BCUT2D eigenvalue weighted by Crippen LogP contribution is 2.22. The largest absolute Gasteiger partial charge is 0.482 e. The summed E-state index contributed by atoms with van der Waals surface area (Å²) in [6.45, 7) is 1.40. The third-order valence-electron chi connectivity index (χ3n) is 4.59. The maximum Gasteiger partial charge on any atom is 0.260 e. The van der Waals surface area contributed by atoms with Crippen LogP contribution in [0, 0.1) is 5.92 Å². The third-order valence-corrected chi connectivity index (χ3v) is 4.59. The summed E-state index contributed by atoms with van der Waals surface area (Å²) >= 11 is 0. The number of aromatic nitrogens is 5. The Bertz CT molecular complexity index is 902. The lowest BCUT2D eigenvalue weighted by molar-refractivity contribution is -0.135. The molecule has 144 valence electrons. The number of hydrogen-bond donors (Lipinski definition) is 0. The Morgan fingerprint density at radius 3 is 3.00 bits per heavy atom. The van der Waals surface area contributed by atoms with Crippen LogP contribution in [0.15, 0.2) is 47.6 Å². The van der Waals surface area contributed by atoms with Crippen LogP contribution in [0.1, 0.15) is 18.7 Å². The molecule has 0 aromatic carbocycles. The molecule has 1 aliphatic rings. The van der Waals surface area contributed by atoms with Gasteiger partial charge in [-0.05, 0) is 30.9 Å². The summed E-state index contributed by atoms with van der Waals surface area (Å²) in [4.78, 5) is 30.9. The van der Waals surface area contributed by atoms with E-state index < -0.39 is 0 Å². The molecule has 1 saturated heterocycles. The zero-order chi connectivity index (χ0) is 19.2. The summed E-state index contributed by atoms with van der Waals surface area (Å²) in [7, 11) is 0. The highest BCUT2D eigenvalue weighted by atomic mass is 16.5. The topological polar surface area (TPSA) is 107 Å². The van der Waals surface area contributed by atoms with E-state index in [1.165, 1.54) is 0 Å². The number of nitrogens with zero attached hydrogens (tertiary/aromatic N) is 6. The van der Waals surface area contributed by atoms with Crippen molar-refractivity contribution in [3.63, 3.8) is 0 Å². The van der Waals surface area contributed by atoms with Gasteiger partial charge in [-0.15, -0.1) is 0 Å². The van der Waals surface area contributed by atoms with Crippen molar-refractivity contribution in [1.29, 1.82) is 0 Å². The van der Waals surface area contributed by atoms with E-state index in [4.69, 9.17) is 9.26 Å². The van der Waals surface area contributed by atoms with Crippen molar-refractivity contribution in [3.8, 4) is 17.3 Å². The second-order valence-corrected chi connectivity index (χ2v) is 6.63. The standard InChI is InChI=1S/C19H20N6O3/c26-18(13-27-15-4-1-5-20-10-15)25-8-2-3-14(12-25)9-17-23-19(24-28-17)16-11-21-6-7-22-16/h1,4-7,10-11,14H,2-3,8-9,12-13H2. The minimum atomic E-state index is -0.0284. The molecule has 1 unspecified atom stereocenters. The Morgan fingerprint density at radius 1 is 1.25 bits per heavy atom. The SMILES string of the molecule is O=C(COc1cccnc1)N1CCCC(Cc2nc(-c3cnccn3)no2)C1. The summed E-state index contributed by atoms with van der Waals surface area (Å²) in [6, 6.07) is 3.56. The Hall–Kier alpha value is -3.36. The molecule has 0 radical (unpaired) electrons. The number of pyridine rings is 1. The maximum atomic E-state index is 12.5. The maximum absolute atomic E-state index is 12.5. The van der Waals surface area contributed by atoms with Crippen molar-refractivity contribution < 1.29 is 14.1 Å². The second kappa shape index (κ2) is 8.55. The van der Waals surface area contributed by atoms with E-state index in [0.29, 0.717) is 36.1 Å². The number of ether oxygens (including phenoxy) is 1. The van der Waals surface area contributed by atoms with Gasteiger partial charge in [0.2, 0.25) is 11.7 Å². The highest BCUT2D eigenvalue weighted by Gasteiger charge is 2.26. The van der Waals surface area contributed by atoms with E-state index in [0.717, 1.165) is 19.4 Å². The van der Waals surface area contributed by atoms with Gasteiger partial charge in [0.15, 0.2) is 6.61 Å². The number of hydrogen-bond acceptors (Lipinski definition) is 8. The van der Waals surface area contributed by atoms with Crippen molar-refractivity contribution >= 4 is 5.91 Å². The van der Waals surface area contributed by atoms with Crippen LogP contribution in [0.25, 0.3) is 11.5 Å². The summed E-state index contributed by atoms with van der Waals surface area (Å²) in [5, 5.41) is 3.97. The molecule has 3 aromatic rings. The average Bonchev–Trinajstić information content (AvgIpc) is 3.22. The van der Waals surface area contributed by atoms with Crippen LogP contribution in [-0.4, -0.2) is 55.6 Å². The van der Waals surface area contributed by atoms with Crippen LogP contribution in [0.5, 0.6) is 5.75 Å². The van der Waals surface area contributed by atoms with Gasteiger partial charge in [-0.2, -0.15) is 4.98 Å². The first-order valence-electron chi connectivity index (χ1n) is 9.17. The summed E-state index contributed by atoms with van der Waals surface area (Å²) < 4.78 is 10.9. The first kappa shape index (κ1) is 18.0. The molecule has 4 rings (SSSR count). The van der Waals surface area contributed by atoms with Crippen LogP contribution >= 0.6 is 0 Å². The average molecular weight is 380 g/mol. The lowest BCUT2D eigenvalue weighted by Crippen LogP contribution is -2.42. The summed E-state index contributed by atoms with van der Waals surface area (Å²) in [5.74, 6) is 1.81. The van der Waals surface area contributed by atoms with Crippen molar-refractivity contribution in [2.75, 3.05) is 19.7 Å². The van der Waals surface area contributed by atoms with Crippen molar-refractivity contribution in [2.24, 2.45) is 5.92 Å². The van der Waals surface area contributed by atoms with Gasteiger partial charge in [0.1, 0.15) is 11.4 Å². The molecule has 0 saturated carbocycles. The Kier molecular flexibility index (Phi) is 5.51. The van der Waals surface area contributed by atoms with Gasteiger partial charge < -0.3 is 14.2 Å². The molecule has 0 spiro atoms. The quantitative estimate of drug-likeness (QED) is 0.637. The number of carbonyl (C=O) groups excluding carboxylic acids is 1. The van der Waals surface area contributed by atoms with E-state index >= 15 is 0 Å². The van der Waals surface area contributed by atoms with Crippen LogP contribution in [-0.2, 0) is 11.2 Å². The van der Waals surface area contributed by atoms with Gasteiger partial charge >= 0.3 is 0 Å². The minimum absolute atomic E-state index is 0.00972. The normalized spacial score (nSPS) is 16.7. The molecule has 4 heterocycles. The third kappa shape index (κ3) is 4.48. The molecule has 28 heavy (non-hydrogen) atoms. The zero-order valence-corrected chi connectivity index (χ0v) is 15.3. The molecule has 3 aromatic heterocycles. The van der Waals surface area contributed by atoms with E-state index in [9.17, 15) is 4.79 Å². The molecule has 0 aliphatic carbocycles. The highest BCUT2D eigenvalue weighted by molar-refractivity contribution is 5.77. The lowest BCUT2D eigenvalue weighted by Gasteiger charge is -2.32. The summed E-state index contributed by atoms with van der Waals surface area (Å²) in [6.07, 6.45) is 10.6. The number of amides is 1. The van der Waals surface area contributed by atoms with Gasteiger partial charge in [-0.25, -0.2) is 4.98 Å². The summed E-state index contributed by atoms with van der Waals surface area (Å²) in [5.41, 5.74) is 0.575. The molecule has 1 fully saturated rings. The number of likely N-dealkylation sites (tertiary alicyclic amines) is 1. The first-order chi connectivity index (χ1) is 13.8. The Labute approximate surface area is 161 Å². The number of carbonyl (C=O) groups is 1. The second-order valence-electron chi connectivity index (χ2n) is 6.63. The monoisotopic (exact) mass is 380 g/mol. The smallest absolute Gasteiger partial charge is 0.260 e. The number of piperidine rings is 1. The Balaban J connectivity index is 1.31. The molecule has 9 heteroatoms. The van der Waals surface area contributed by atoms with Gasteiger partial charge in [-0.3, -0.25) is 14.8 Å². The van der Waals surface area contributed by atoms with E-state index in [-0.39, 0.29) is 18.4 Å². The van der Waals surface area contributed by atoms with Crippen LogP contribution in [0.4, 0.5) is 0 Å². The molecule has 0 N–H and O–H groups in total. The van der Waals surface area contributed by atoms with Crippen molar-refractivity contribution in [3.05, 3.63) is 49.0 Å². The van der Waals surface area contributed by atoms with Crippen LogP contribution in [0.3, 0.4) is 0 Å². The van der Waals surface area contributed by atoms with Crippen LogP contribution < -0.4 is 4.74 Å². The molecule has 1 aliphatic heterocycles. The fraction of sp³-hybridized carbons (Fsp3) is 0.368. The van der Waals surface area contributed by atoms with Gasteiger partial charge in [0.05, 0.1) is 12.4 Å². The van der Waals surface area contributed by atoms with Crippen molar-refractivity contribution in [2.45, 2.75) is 19.3 Å². The molecule has 0 bridgehead atoms. The molecular formula is C19H20N6O3. The minimum Gasteiger partial charge on any atom is -0.482 e. The fourth-order valence-corrected chi connectivity index (χ4v) is 3.23. The van der Waals surface area contributed by atoms with E-state index in [1.807, 2.05) is 4.90 Å². The van der Waals surface area contributed by atoms with Gasteiger partial charge in [-0.1, -0.05) is 5.16 Å².